The molecule has 1 aliphatic rings. The van der Waals surface area contributed by atoms with E-state index in [9.17, 15) is 0 Å². The highest BCUT2D eigenvalue weighted by Crippen LogP contribution is 2.28. The van der Waals surface area contributed by atoms with Gasteiger partial charge in [-0.1, -0.05) is 12.1 Å². The molecule has 4 nitrogen and oxygen atoms in total. The van der Waals surface area contributed by atoms with Gasteiger partial charge in [0.15, 0.2) is 11.5 Å². The first kappa shape index (κ1) is 17.8. The van der Waals surface area contributed by atoms with E-state index in [0.717, 1.165) is 44.0 Å². The molecule has 4 heteroatoms. The predicted molar refractivity (Wildman–Crippen MR) is 93.5 cm³/mol. The van der Waals surface area contributed by atoms with E-state index in [1.807, 2.05) is 18.2 Å². The topological polar surface area (TPSA) is 30.9 Å². The number of hydrogen-bond acceptors (Lipinski definition) is 4. The summed E-state index contributed by atoms with van der Waals surface area (Å²) in [5.74, 6) is 1.60. The lowest BCUT2D eigenvalue weighted by atomic mass is 10.1. The lowest BCUT2D eigenvalue weighted by molar-refractivity contribution is -0.0686. The van der Waals surface area contributed by atoms with E-state index >= 15 is 0 Å². The molecule has 1 heterocycles. The molecule has 0 unspecified atom stereocenters. The summed E-state index contributed by atoms with van der Waals surface area (Å²) in [7, 11) is 1.68. The summed E-state index contributed by atoms with van der Waals surface area (Å²) in [6, 6.07) is 6.06. The van der Waals surface area contributed by atoms with Gasteiger partial charge in [-0.3, -0.25) is 4.90 Å². The second-order valence-electron chi connectivity index (χ2n) is 6.20. The molecule has 1 saturated heterocycles. The van der Waals surface area contributed by atoms with E-state index in [1.165, 1.54) is 5.56 Å². The Morgan fingerprint density at radius 1 is 1.26 bits per heavy atom. The van der Waals surface area contributed by atoms with Crippen LogP contribution < -0.4 is 9.47 Å². The summed E-state index contributed by atoms with van der Waals surface area (Å²) in [4.78, 5) is 2.45. The predicted octanol–water partition coefficient (Wildman–Crippen LogP) is 3.30. The van der Waals surface area contributed by atoms with Gasteiger partial charge in [0.25, 0.3) is 0 Å². The summed E-state index contributed by atoms with van der Waals surface area (Å²) in [5, 5.41) is 0. The molecule has 1 aromatic rings. The molecule has 0 bridgehead atoms. The molecule has 0 radical (unpaired) electrons. The monoisotopic (exact) mass is 319 g/mol. The molecule has 0 amide bonds. The average molecular weight is 319 g/mol. The van der Waals surface area contributed by atoms with Gasteiger partial charge in [-0.05, 0) is 44.4 Å². The number of benzene rings is 1. The van der Waals surface area contributed by atoms with Crippen LogP contribution in [0.1, 0.15) is 25.8 Å². The van der Waals surface area contributed by atoms with Gasteiger partial charge in [-0.25, -0.2) is 0 Å². The van der Waals surface area contributed by atoms with Crippen molar-refractivity contribution >= 4 is 0 Å². The zero-order chi connectivity index (χ0) is 16.7. The van der Waals surface area contributed by atoms with Crippen LogP contribution >= 0.6 is 0 Å². The van der Waals surface area contributed by atoms with Crippen LogP contribution in [-0.4, -0.2) is 50.5 Å². The van der Waals surface area contributed by atoms with E-state index in [-0.39, 0.29) is 0 Å². The number of allylic oxidation sites excluding steroid dienone is 1. The summed E-state index contributed by atoms with van der Waals surface area (Å²) in [6.07, 6.45) is 4.36. The number of rotatable bonds is 8. The number of hydrogen-bond donors (Lipinski definition) is 0. The normalized spacial score (nSPS) is 21.9. The summed E-state index contributed by atoms with van der Waals surface area (Å²) < 4.78 is 17.1. The van der Waals surface area contributed by atoms with Gasteiger partial charge in [0, 0.05) is 19.6 Å². The van der Waals surface area contributed by atoms with Crippen molar-refractivity contribution in [2.24, 2.45) is 0 Å². The Labute approximate surface area is 140 Å². The molecule has 0 aliphatic carbocycles. The second-order valence-corrected chi connectivity index (χ2v) is 6.20. The average Bonchev–Trinajstić information content (AvgIpc) is 2.52. The number of methoxy groups -OCH3 is 1. The fourth-order valence-electron chi connectivity index (χ4n) is 3.06. The first-order valence-corrected chi connectivity index (χ1v) is 8.40. The fraction of sp³-hybridized carbons (Fsp3) is 0.579. The molecule has 0 spiro atoms. The number of nitrogens with zero attached hydrogens (tertiary/aromatic N) is 1. The first-order chi connectivity index (χ1) is 11.1. The van der Waals surface area contributed by atoms with Crippen LogP contribution in [0.15, 0.2) is 30.9 Å². The molecule has 2 rings (SSSR count). The van der Waals surface area contributed by atoms with Crippen LogP contribution in [-0.2, 0) is 11.2 Å². The van der Waals surface area contributed by atoms with Crippen molar-refractivity contribution in [1.82, 2.24) is 4.90 Å². The number of morpholine rings is 1. The Balaban J connectivity index is 1.78. The third kappa shape index (κ3) is 5.56. The van der Waals surface area contributed by atoms with Gasteiger partial charge < -0.3 is 14.2 Å². The molecule has 23 heavy (non-hydrogen) atoms. The zero-order valence-electron chi connectivity index (χ0n) is 14.6. The van der Waals surface area contributed by atoms with Crippen LogP contribution in [0.2, 0.25) is 0 Å². The largest absolute Gasteiger partial charge is 0.493 e. The van der Waals surface area contributed by atoms with Crippen molar-refractivity contribution in [3.05, 3.63) is 36.4 Å². The minimum Gasteiger partial charge on any atom is -0.493 e. The second kappa shape index (κ2) is 8.94. The Morgan fingerprint density at radius 3 is 2.65 bits per heavy atom. The Hall–Kier alpha value is -1.52. The molecule has 128 valence electrons. The summed E-state index contributed by atoms with van der Waals surface area (Å²) >= 11 is 0. The van der Waals surface area contributed by atoms with Crippen LogP contribution in [0, 0.1) is 0 Å². The van der Waals surface area contributed by atoms with E-state index in [1.54, 1.807) is 7.11 Å². The molecule has 1 fully saturated rings. The van der Waals surface area contributed by atoms with E-state index in [0.29, 0.717) is 18.8 Å². The van der Waals surface area contributed by atoms with E-state index in [4.69, 9.17) is 14.2 Å². The highest BCUT2D eigenvalue weighted by Gasteiger charge is 2.21. The maximum Gasteiger partial charge on any atom is 0.161 e. The quantitative estimate of drug-likeness (QED) is 0.543. The van der Waals surface area contributed by atoms with Gasteiger partial charge in [0.1, 0.15) is 0 Å². The summed E-state index contributed by atoms with van der Waals surface area (Å²) in [5.41, 5.74) is 1.18. The Bertz CT molecular complexity index is 493. The molecule has 0 aromatic heterocycles. The Kier molecular flexibility index (Phi) is 6.93. The minimum atomic E-state index is 0.317. The van der Waals surface area contributed by atoms with Crippen molar-refractivity contribution in [3.63, 3.8) is 0 Å². The molecule has 2 atom stereocenters. The minimum absolute atomic E-state index is 0.317. The van der Waals surface area contributed by atoms with Crippen LogP contribution in [0.4, 0.5) is 0 Å². The lowest BCUT2D eigenvalue weighted by Crippen LogP contribution is -2.45. The summed E-state index contributed by atoms with van der Waals surface area (Å²) in [6.45, 7) is 11.8. The lowest BCUT2D eigenvalue weighted by Gasteiger charge is -2.35. The van der Waals surface area contributed by atoms with Gasteiger partial charge in [-0.15, -0.1) is 6.58 Å². The molecular formula is C19H29NO3. The molecular weight excluding hydrogens is 290 g/mol. The molecule has 1 aliphatic heterocycles. The molecule has 1 aromatic carbocycles. The van der Waals surface area contributed by atoms with Crippen LogP contribution in [0.25, 0.3) is 0 Å². The van der Waals surface area contributed by atoms with E-state index < -0.39 is 0 Å². The van der Waals surface area contributed by atoms with Crippen LogP contribution in [0.5, 0.6) is 11.5 Å². The van der Waals surface area contributed by atoms with Crippen molar-refractivity contribution in [1.29, 1.82) is 0 Å². The maximum atomic E-state index is 5.90. The van der Waals surface area contributed by atoms with Crippen molar-refractivity contribution in [2.75, 3.05) is 33.4 Å². The van der Waals surface area contributed by atoms with Gasteiger partial charge in [0.2, 0.25) is 0 Å². The van der Waals surface area contributed by atoms with Gasteiger partial charge in [0.05, 0.1) is 25.9 Å². The fourth-order valence-corrected chi connectivity index (χ4v) is 3.06. The molecule has 0 N–H and O–H groups in total. The highest BCUT2D eigenvalue weighted by molar-refractivity contribution is 5.43. The van der Waals surface area contributed by atoms with Gasteiger partial charge >= 0.3 is 0 Å². The van der Waals surface area contributed by atoms with Gasteiger partial charge in [-0.2, -0.15) is 0 Å². The van der Waals surface area contributed by atoms with Crippen LogP contribution in [0.3, 0.4) is 0 Å². The Morgan fingerprint density at radius 2 is 2.00 bits per heavy atom. The van der Waals surface area contributed by atoms with E-state index in [2.05, 4.69) is 31.4 Å². The maximum absolute atomic E-state index is 5.90. The standard InChI is InChI=1S/C19H29NO3/c1-5-7-17-8-9-18(19(12-17)21-4)22-11-6-10-20-13-15(2)23-16(3)14-20/h5,8-9,12,15-16H,1,6-7,10-11,13-14H2,2-4H3/t15-,16-/m0/s1. The highest BCUT2D eigenvalue weighted by atomic mass is 16.5. The SMILES string of the molecule is C=CCc1ccc(OCCCN2C[C@H](C)O[C@@H](C)C2)c(OC)c1. The zero-order valence-corrected chi connectivity index (χ0v) is 14.6. The van der Waals surface area contributed by atoms with Crippen molar-refractivity contribution in [3.8, 4) is 11.5 Å². The smallest absolute Gasteiger partial charge is 0.161 e. The third-order valence-corrected chi connectivity index (χ3v) is 3.98. The third-order valence-electron chi connectivity index (χ3n) is 3.98. The van der Waals surface area contributed by atoms with Crippen molar-refractivity contribution < 1.29 is 14.2 Å². The molecule has 0 saturated carbocycles. The first-order valence-electron chi connectivity index (χ1n) is 8.40. The van der Waals surface area contributed by atoms with Crippen molar-refractivity contribution in [2.45, 2.75) is 38.9 Å². The number of ether oxygens (including phenoxy) is 3.